The molecule has 0 bridgehead atoms. The lowest BCUT2D eigenvalue weighted by molar-refractivity contribution is -0.123. The quantitative estimate of drug-likeness (QED) is 0.880. The molecule has 2 heterocycles. The maximum Gasteiger partial charge on any atom is 0.231 e. The average Bonchev–Trinajstić information content (AvgIpc) is 3.11. The van der Waals surface area contributed by atoms with Crippen LogP contribution in [-0.4, -0.2) is 34.0 Å². The van der Waals surface area contributed by atoms with Gasteiger partial charge < -0.3 is 10.6 Å². The van der Waals surface area contributed by atoms with Gasteiger partial charge in [-0.05, 0) is 32.0 Å². The molecule has 0 radical (unpaired) electrons. The van der Waals surface area contributed by atoms with E-state index >= 15 is 0 Å². The van der Waals surface area contributed by atoms with E-state index in [0.29, 0.717) is 6.54 Å². The lowest BCUT2D eigenvalue weighted by atomic mass is 9.88. The van der Waals surface area contributed by atoms with Crippen LogP contribution in [0.2, 0.25) is 0 Å². The van der Waals surface area contributed by atoms with Crippen molar-refractivity contribution in [3.63, 3.8) is 0 Å². The number of para-hydroxylation sites is 2. The van der Waals surface area contributed by atoms with Gasteiger partial charge in [0.15, 0.2) is 0 Å². The van der Waals surface area contributed by atoms with Gasteiger partial charge in [-0.3, -0.25) is 4.79 Å². The Hall–Kier alpha value is -2.21. The van der Waals surface area contributed by atoms with Crippen LogP contribution in [0.4, 0.5) is 5.69 Å². The van der Waals surface area contributed by atoms with Crippen LogP contribution in [0.5, 0.6) is 0 Å². The molecule has 3 rings (SSSR count). The monoisotopic (exact) mass is 271 g/mol. The molecular weight excluding hydrogens is 254 g/mol. The molecule has 104 valence electrons. The molecule has 20 heavy (non-hydrogen) atoms. The number of hydrogen-bond donors (Lipinski definition) is 2. The number of amides is 1. The highest BCUT2D eigenvalue weighted by Gasteiger charge is 2.36. The molecule has 1 amide bonds. The van der Waals surface area contributed by atoms with Crippen LogP contribution >= 0.6 is 0 Å². The third-order valence-electron chi connectivity index (χ3n) is 3.74. The highest BCUT2D eigenvalue weighted by Crippen LogP contribution is 2.28. The second kappa shape index (κ2) is 5.05. The van der Waals surface area contributed by atoms with E-state index in [9.17, 15) is 4.79 Å². The van der Waals surface area contributed by atoms with Crippen LogP contribution in [0.15, 0.2) is 36.7 Å². The number of nitrogens with one attached hydrogen (secondary N) is 2. The van der Waals surface area contributed by atoms with Crippen LogP contribution in [0.1, 0.15) is 13.3 Å². The van der Waals surface area contributed by atoms with Gasteiger partial charge in [-0.15, -0.1) is 5.10 Å². The van der Waals surface area contributed by atoms with Gasteiger partial charge in [0.05, 0.1) is 29.2 Å². The largest absolute Gasteiger partial charge is 0.324 e. The predicted molar refractivity (Wildman–Crippen MR) is 75.6 cm³/mol. The third kappa shape index (κ3) is 2.30. The standard InChI is InChI=1S/C14H17N5O/c1-14(6-7-15-10-14)13(20)17-11-4-2-3-5-12(11)19-9-8-16-18-19/h2-5,8-9,15H,6-7,10H2,1H3,(H,17,20). The first-order chi connectivity index (χ1) is 9.69. The van der Waals surface area contributed by atoms with Crippen molar-refractivity contribution in [3.05, 3.63) is 36.7 Å². The Morgan fingerprint density at radius 1 is 1.45 bits per heavy atom. The molecule has 1 saturated heterocycles. The van der Waals surface area contributed by atoms with Crippen LogP contribution in [0, 0.1) is 5.41 Å². The molecule has 1 aliphatic rings. The number of hydrogen-bond acceptors (Lipinski definition) is 4. The Morgan fingerprint density at radius 3 is 3.00 bits per heavy atom. The first-order valence-corrected chi connectivity index (χ1v) is 6.67. The number of carbonyl (C=O) groups excluding carboxylic acids is 1. The lowest BCUT2D eigenvalue weighted by Gasteiger charge is -2.22. The van der Waals surface area contributed by atoms with Crippen molar-refractivity contribution in [1.29, 1.82) is 0 Å². The molecule has 6 nitrogen and oxygen atoms in total. The Labute approximate surface area is 117 Å². The van der Waals surface area contributed by atoms with Gasteiger partial charge in [0, 0.05) is 6.54 Å². The normalized spacial score (nSPS) is 21.9. The van der Waals surface area contributed by atoms with E-state index in [4.69, 9.17) is 0 Å². The molecule has 2 aromatic rings. The molecular formula is C14H17N5O. The summed E-state index contributed by atoms with van der Waals surface area (Å²) in [5.74, 6) is 0.0371. The number of carbonyl (C=O) groups is 1. The zero-order valence-electron chi connectivity index (χ0n) is 11.3. The summed E-state index contributed by atoms with van der Waals surface area (Å²) in [5.41, 5.74) is 1.21. The Morgan fingerprint density at radius 2 is 2.30 bits per heavy atom. The molecule has 1 atom stereocenters. The molecule has 2 N–H and O–H groups in total. The summed E-state index contributed by atoms with van der Waals surface area (Å²) in [5, 5.41) is 14.0. The summed E-state index contributed by atoms with van der Waals surface area (Å²) in [6.45, 7) is 3.58. The van der Waals surface area contributed by atoms with Gasteiger partial charge >= 0.3 is 0 Å². The average molecular weight is 271 g/mol. The summed E-state index contributed by atoms with van der Waals surface area (Å²) in [4.78, 5) is 12.5. The van der Waals surface area contributed by atoms with E-state index in [1.807, 2.05) is 31.2 Å². The van der Waals surface area contributed by atoms with Gasteiger partial charge in [0.2, 0.25) is 5.91 Å². The Balaban J connectivity index is 1.86. The molecule has 1 aromatic heterocycles. The number of benzene rings is 1. The second-order valence-electron chi connectivity index (χ2n) is 5.31. The van der Waals surface area contributed by atoms with Crippen molar-refractivity contribution in [2.24, 2.45) is 5.41 Å². The smallest absolute Gasteiger partial charge is 0.231 e. The molecule has 1 aliphatic heterocycles. The van der Waals surface area contributed by atoms with E-state index < -0.39 is 0 Å². The first kappa shape index (κ1) is 12.8. The first-order valence-electron chi connectivity index (χ1n) is 6.67. The van der Waals surface area contributed by atoms with Crippen LogP contribution in [-0.2, 0) is 4.79 Å². The summed E-state index contributed by atoms with van der Waals surface area (Å²) < 4.78 is 1.64. The lowest BCUT2D eigenvalue weighted by Crippen LogP contribution is -2.35. The van der Waals surface area contributed by atoms with Gasteiger partial charge in [-0.2, -0.15) is 0 Å². The zero-order chi connectivity index (χ0) is 14.0. The molecule has 1 fully saturated rings. The van der Waals surface area contributed by atoms with Crippen molar-refractivity contribution >= 4 is 11.6 Å². The van der Waals surface area contributed by atoms with Gasteiger partial charge in [0.25, 0.3) is 0 Å². The minimum Gasteiger partial charge on any atom is -0.324 e. The molecule has 0 aliphatic carbocycles. The van der Waals surface area contributed by atoms with Gasteiger partial charge in [-0.25, -0.2) is 4.68 Å². The SMILES string of the molecule is CC1(C(=O)Nc2ccccc2-n2ccnn2)CCNC1. The van der Waals surface area contributed by atoms with E-state index in [2.05, 4.69) is 20.9 Å². The minimum atomic E-state index is -0.352. The highest BCUT2D eigenvalue weighted by atomic mass is 16.2. The molecule has 6 heteroatoms. The molecule has 0 spiro atoms. The van der Waals surface area contributed by atoms with Crippen molar-refractivity contribution < 1.29 is 4.79 Å². The van der Waals surface area contributed by atoms with E-state index in [1.54, 1.807) is 17.1 Å². The predicted octanol–water partition coefficient (Wildman–Crippen LogP) is 1.21. The van der Waals surface area contributed by atoms with Crippen molar-refractivity contribution in [2.45, 2.75) is 13.3 Å². The number of anilines is 1. The highest BCUT2D eigenvalue weighted by molar-refractivity contribution is 5.97. The van der Waals surface area contributed by atoms with E-state index in [0.717, 1.165) is 24.3 Å². The summed E-state index contributed by atoms with van der Waals surface area (Å²) in [6.07, 6.45) is 4.22. The van der Waals surface area contributed by atoms with E-state index in [-0.39, 0.29) is 11.3 Å². The van der Waals surface area contributed by atoms with Crippen LogP contribution in [0.25, 0.3) is 5.69 Å². The van der Waals surface area contributed by atoms with Crippen molar-refractivity contribution in [1.82, 2.24) is 20.3 Å². The topological polar surface area (TPSA) is 71.8 Å². The molecule has 0 saturated carbocycles. The summed E-state index contributed by atoms with van der Waals surface area (Å²) in [6, 6.07) is 7.58. The number of nitrogens with zero attached hydrogens (tertiary/aromatic N) is 3. The fourth-order valence-corrected chi connectivity index (χ4v) is 2.40. The van der Waals surface area contributed by atoms with Gasteiger partial charge in [0.1, 0.15) is 0 Å². The van der Waals surface area contributed by atoms with Crippen LogP contribution < -0.4 is 10.6 Å². The summed E-state index contributed by atoms with van der Waals surface area (Å²) >= 11 is 0. The maximum atomic E-state index is 12.5. The maximum absolute atomic E-state index is 12.5. The molecule has 1 unspecified atom stereocenters. The number of aromatic nitrogens is 3. The fraction of sp³-hybridized carbons (Fsp3) is 0.357. The van der Waals surface area contributed by atoms with E-state index in [1.165, 1.54) is 0 Å². The van der Waals surface area contributed by atoms with Crippen LogP contribution in [0.3, 0.4) is 0 Å². The minimum absolute atomic E-state index is 0.0371. The zero-order valence-corrected chi connectivity index (χ0v) is 11.3. The summed E-state index contributed by atoms with van der Waals surface area (Å²) in [7, 11) is 0. The number of rotatable bonds is 3. The fourth-order valence-electron chi connectivity index (χ4n) is 2.40. The molecule has 1 aromatic carbocycles. The van der Waals surface area contributed by atoms with Crippen molar-refractivity contribution in [2.75, 3.05) is 18.4 Å². The Kier molecular flexibility index (Phi) is 3.23. The third-order valence-corrected chi connectivity index (χ3v) is 3.74. The van der Waals surface area contributed by atoms with Crippen molar-refractivity contribution in [3.8, 4) is 5.69 Å². The Bertz CT molecular complexity index is 602. The second-order valence-corrected chi connectivity index (χ2v) is 5.31. The van der Waals surface area contributed by atoms with Gasteiger partial charge in [-0.1, -0.05) is 17.3 Å².